The maximum absolute atomic E-state index is 11.8. The largest absolute Gasteiger partial charge is 0.494 e. The quantitative estimate of drug-likeness (QED) is 0.214. The monoisotopic (exact) mass is 484 g/mol. The molecule has 0 fully saturated rings. The lowest BCUT2D eigenvalue weighted by Crippen LogP contribution is -2.43. The van der Waals surface area contributed by atoms with Gasteiger partial charge in [-0.2, -0.15) is 0 Å². The Hall–Kier alpha value is -2.90. The third-order valence-electron chi connectivity index (χ3n) is 5.44. The second-order valence-electron chi connectivity index (χ2n) is 10.7. The zero-order valence-corrected chi connectivity index (χ0v) is 21.6. The van der Waals surface area contributed by atoms with Crippen molar-refractivity contribution in [1.82, 2.24) is 10.4 Å². The Morgan fingerprint density at radius 1 is 1.03 bits per heavy atom. The van der Waals surface area contributed by atoms with Crippen LogP contribution in [0, 0.1) is 5.41 Å². The van der Waals surface area contributed by atoms with E-state index in [9.17, 15) is 14.7 Å². The minimum atomic E-state index is -1.13. The highest BCUT2D eigenvalue weighted by molar-refractivity contribution is 5.76. The first-order valence-corrected chi connectivity index (χ1v) is 12.1. The molecule has 0 spiro atoms. The van der Waals surface area contributed by atoms with Gasteiger partial charge in [0.15, 0.2) is 6.04 Å². The van der Waals surface area contributed by atoms with E-state index in [1.807, 2.05) is 54.6 Å². The van der Waals surface area contributed by atoms with Crippen LogP contribution in [0.2, 0.25) is 0 Å². The van der Waals surface area contributed by atoms with E-state index in [0.717, 1.165) is 41.3 Å². The van der Waals surface area contributed by atoms with Gasteiger partial charge in [-0.15, -0.1) is 0 Å². The van der Waals surface area contributed by atoms with Crippen LogP contribution in [0.1, 0.15) is 58.6 Å². The van der Waals surface area contributed by atoms with Crippen LogP contribution in [0.15, 0.2) is 54.6 Å². The van der Waals surface area contributed by atoms with E-state index in [0.29, 0.717) is 13.0 Å². The lowest BCUT2D eigenvalue weighted by Gasteiger charge is -2.33. The number of amides is 1. The summed E-state index contributed by atoms with van der Waals surface area (Å²) >= 11 is 0. The van der Waals surface area contributed by atoms with Crippen molar-refractivity contribution in [3.05, 3.63) is 65.7 Å². The number of nitrogens with one attached hydrogen (secondary N) is 1. The number of hydrogen-bond donors (Lipinski definition) is 2. The van der Waals surface area contributed by atoms with Crippen molar-refractivity contribution >= 4 is 12.4 Å². The third kappa shape index (κ3) is 10.9. The van der Waals surface area contributed by atoms with E-state index in [4.69, 9.17) is 9.57 Å². The van der Waals surface area contributed by atoms with Crippen molar-refractivity contribution in [3.8, 4) is 5.75 Å². The molecule has 0 aliphatic carbocycles. The SMILES string of the molecule is CC(C)(C)CC(C)(C)NCCCOc1ccc(CC(C(=O)O)N(C=O)OCc2ccccc2)cc1. The second-order valence-corrected chi connectivity index (χ2v) is 10.7. The fraction of sp³-hybridized carbons (Fsp3) is 0.500. The van der Waals surface area contributed by atoms with Crippen LogP contribution in [-0.2, 0) is 27.5 Å². The van der Waals surface area contributed by atoms with Crippen molar-refractivity contribution in [3.63, 3.8) is 0 Å². The van der Waals surface area contributed by atoms with Gasteiger partial charge in [-0.1, -0.05) is 63.2 Å². The molecule has 2 aromatic carbocycles. The maximum Gasteiger partial charge on any atom is 0.329 e. The molecule has 2 aromatic rings. The Labute approximate surface area is 209 Å². The molecule has 1 unspecified atom stereocenters. The minimum absolute atomic E-state index is 0.0702. The van der Waals surface area contributed by atoms with Crippen molar-refractivity contribution in [2.24, 2.45) is 5.41 Å². The summed E-state index contributed by atoms with van der Waals surface area (Å²) in [6.45, 7) is 12.7. The van der Waals surface area contributed by atoms with Crippen LogP contribution in [0.5, 0.6) is 5.75 Å². The Bertz CT molecular complexity index is 907. The molecular formula is C28H40N2O5. The number of carbonyl (C=O) groups is 2. The normalized spacial score (nSPS) is 12.7. The molecule has 7 nitrogen and oxygen atoms in total. The van der Waals surface area contributed by atoms with Crippen molar-refractivity contribution in [2.75, 3.05) is 13.2 Å². The van der Waals surface area contributed by atoms with Crippen LogP contribution in [-0.4, -0.2) is 47.3 Å². The zero-order chi connectivity index (χ0) is 25.9. The predicted molar refractivity (Wildman–Crippen MR) is 137 cm³/mol. The maximum atomic E-state index is 11.8. The molecule has 2 N–H and O–H groups in total. The average molecular weight is 485 g/mol. The fourth-order valence-corrected chi connectivity index (χ4v) is 4.23. The van der Waals surface area contributed by atoms with Crippen LogP contribution < -0.4 is 10.1 Å². The molecular weight excluding hydrogens is 444 g/mol. The molecule has 0 saturated carbocycles. The number of ether oxygens (including phenoxy) is 1. The van der Waals surface area contributed by atoms with Crippen molar-refractivity contribution in [2.45, 2.75) is 72.1 Å². The predicted octanol–water partition coefficient (Wildman–Crippen LogP) is 4.85. The molecule has 0 aromatic heterocycles. The number of carboxylic acid groups (broad SMARTS) is 1. The summed E-state index contributed by atoms with van der Waals surface area (Å²) in [4.78, 5) is 28.8. The number of nitrogens with zero attached hydrogens (tertiary/aromatic N) is 1. The van der Waals surface area contributed by atoms with E-state index >= 15 is 0 Å². The standard InChI is InChI=1S/C28H40N2O5/c1-27(2,3)20-28(4,5)29-16-9-17-34-24-14-12-22(13-15-24)18-25(26(32)33)30(21-31)35-19-23-10-7-6-8-11-23/h6-8,10-15,21,25,29H,9,16-20H2,1-5H3,(H,32,33). The summed E-state index contributed by atoms with van der Waals surface area (Å²) in [7, 11) is 0. The first-order chi connectivity index (χ1) is 16.5. The molecule has 7 heteroatoms. The summed E-state index contributed by atoms with van der Waals surface area (Å²) < 4.78 is 5.84. The Morgan fingerprint density at radius 2 is 1.69 bits per heavy atom. The smallest absolute Gasteiger partial charge is 0.329 e. The van der Waals surface area contributed by atoms with E-state index in [-0.39, 0.29) is 24.0 Å². The molecule has 0 saturated heterocycles. The molecule has 0 radical (unpaired) electrons. The number of hydroxylamine groups is 2. The van der Waals surface area contributed by atoms with E-state index in [1.165, 1.54) is 0 Å². The van der Waals surface area contributed by atoms with Crippen molar-refractivity contribution < 1.29 is 24.3 Å². The Balaban J connectivity index is 1.82. The molecule has 0 aliphatic heterocycles. The lowest BCUT2D eigenvalue weighted by atomic mass is 9.82. The first kappa shape index (κ1) is 28.3. The number of aliphatic carboxylic acids is 1. The lowest BCUT2D eigenvalue weighted by molar-refractivity contribution is -0.200. The fourth-order valence-electron chi connectivity index (χ4n) is 4.23. The Morgan fingerprint density at radius 3 is 2.26 bits per heavy atom. The molecule has 1 atom stereocenters. The molecule has 0 aliphatic rings. The van der Waals surface area contributed by atoms with Gasteiger partial charge < -0.3 is 15.2 Å². The number of benzene rings is 2. The van der Waals surface area contributed by atoms with Gasteiger partial charge in [0, 0.05) is 12.0 Å². The van der Waals surface area contributed by atoms with Gasteiger partial charge in [-0.05, 0) is 61.9 Å². The molecule has 0 heterocycles. The molecule has 1 amide bonds. The van der Waals surface area contributed by atoms with Gasteiger partial charge >= 0.3 is 5.97 Å². The minimum Gasteiger partial charge on any atom is -0.494 e. The van der Waals surface area contributed by atoms with Gasteiger partial charge in [-0.3, -0.25) is 9.63 Å². The highest BCUT2D eigenvalue weighted by atomic mass is 16.7. The van der Waals surface area contributed by atoms with Crippen LogP contribution in [0.4, 0.5) is 0 Å². The molecule has 192 valence electrons. The topological polar surface area (TPSA) is 88.1 Å². The Kier molecular flexibility index (Phi) is 10.7. The van der Waals surface area contributed by atoms with Crippen LogP contribution in [0.25, 0.3) is 0 Å². The highest BCUT2D eigenvalue weighted by Crippen LogP contribution is 2.26. The van der Waals surface area contributed by atoms with Gasteiger partial charge in [0.05, 0.1) is 6.61 Å². The van der Waals surface area contributed by atoms with E-state index in [1.54, 1.807) is 0 Å². The zero-order valence-electron chi connectivity index (χ0n) is 21.6. The highest BCUT2D eigenvalue weighted by Gasteiger charge is 2.26. The number of rotatable bonds is 15. The van der Waals surface area contributed by atoms with Gasteiger partial charge in [0.2, 0.25) is 6.41 Å². The van der Waals surface area contributed by atoms with E-state index < -0.39 is 12.0 Å². The average Bonchev–Trinajstić information content (AvgIpc) is 2.78. The summed E-state index contributed by atoms with van der Waals surface area (Å²) in [5.74, 6) is -0.408. The number of hydrogen-bond acceptors (Lipinski definition) is 5. The number of carboxylic acids is 1. The summed E-state index contributed by atoms with van der Waals surface area (Å²) in [5.41, 5.74) is 1.95. The van der Waals surface area contributed by atoms with Crippen LogP contribution in [0.3, 0.4) is 0 Å². The summed E-state index contributed by atoms with van der Waals surface area (Å²) in [5, 5.41) is 14.1. The van der Waals surface area contributed by atoms with Gasteiger partial charge in [0.1, 0.15) is 12.4 Å². The van der Waals surface area contributed by atoms with Gasteiger partial charge in [0.25, 0.3) is 0 Å². The van der Waals surface area contributed by atoms with Gasteiger partial charge in [-0.25, -0.2) is 9.86 Å². The third-order valence-corrected chi connectivity index (χ3v) is 5.44. The first-order valence-electron chi connectivity index (χ1n) is 12.1. The number of carbonyl (C=O) groups excluding carboxylic acids is 1. The molecule has 0 bridgehead atoms. The summed E-state index contributed by atoms with van der Waals surface area (Å²) in [6.07, 6.45) is 2.49. The molecule has 2 rings (SSSR count). The van der Waals surface area contributed by atoms with E-state index in [2.05, 4.69) is 39.9 Å². The second kappa shape index (κ2) is 13.3. The van der Waals surface area contributed by atoms with Crippen LogP contribution >= 0.6 is 0 Å². The summed E-state index contributed by atoms with van der Waals surface area (Å²) in [6, 6.07) is 15.4. The molecule has 35 heavy (non-hydrogen) atoms. The van der Waals surface area contributed by atoms with Crippen molar-refractivity contribution in [1.29, 1.82) is 0 Å².